The van der Waals surface area contributed by atoms with Gasteiger partial charge < -0.3 is 19.5 Å². The molecule has 0 radical (unpaired) electrons. The summed E-state index contributed by atoms with van der Waals surface area (Å²) in [6.07, 6.45) is 0. The molecule has 1 aromatic heterocycles. The van der Waals surface area contributed by atoms with Gasteiger partial charge in [-0.15, -0.1) is 0 Å². The van der Waals surface area contributed by atoms with Gasteiger partial charge in [0.15, 0.2) is 10.9 Å². The summed E-state index contributed by atoms with van der Waals surface area (Å²) in [5.41, 5.74) is 4.27. The molecule has 0 aliphatic carbocycles. The number of hydrogen-bond acceptors (Lipinski definition) is 5. The Morgan fingerprint density at radius 3 is 2.31 bits per heavy atom. The summed E-state index contributed by atoms with van der Waals surface area (Å²) in [7, 11) is 0. The zero-order valence-electron chi connectivity index (χ0n) is 21.3. The van der Waals surface area contributed by atoms with Crippen molar-refractivity contribution in [3.05, 3.63) is 107 Å². The summed E-state index contributed by atoms with van der Waals surface area (Å²) in [6.45, 7) is 4.75. The van der Waals surface area contributed by atoms with Gasteiger partial charge in [-0.05, 0) is 79.3 Å². The number of thiocarbonyl (C=S) groups is 1. The molecule has 7 nitrogen and oxygen atoms in total. The Hall–Kier alpha value is -4.14. The number of aryl methyl sites for hydroxylation is 1. The van der Waals surface area contributed by atoms with Gasteiger partial charge in [-0.2, -0.15) is 0 Å². The number of benzene rings is 3. The SMILES string of the molecule is Cc1ccc(-c2ccc(C(=O)NC(=S)Nc3ccc(N4CCN(C(=O)c5ccccc5)CC4)cc3)o2)cc1Cl. The molecule has 5 rings (SSSR count). The van der Waals surface area contributed by atoms with E-state index < -0.39 is 5.91 Å². The van der Waals surface area contributed by atoms with E-state index in [9.17, 15) is 9.59 Å². The fourth-order valence-corrected chi connectivity index (χ4v) is 4.77. The van der Waals surface area contributed by atoms with E-state index in [0.29, 0.717) is 29.4 Å². The topological polar surface area (TPSA) is 77.8 Å². The van der Waals surface area contributed by atoms with E-state index in [1.807, 2.05) is 78.6 Å². The lowest BCUT2D eigenvalue weighted by atomic mass is 10.1. The molecule has 0 unspecified atom stereocenters. The Labute approximate surface area is 237 Å². The number of anilines is 2. The Balaban J connectivity index is 1.12. The maximum Gasteiger partial charge on any atom is 0.293 e. The molecular formula is C30H27ClN4O3S. The van der Waals surface area contributed by atoms with Crippen LogP contribution in [0.15, 0.2) is 89.3 Å². The van der Waals surface area contributed by atoms with Gasteiger partial charge in [0.05, 0.1) is 0 Å². The zero-order valence-corrected chi connectivity index (χ0v) is 22.9. The average Bonchev–Trinajstić information content (AvgIpc) is 3.46. The van der Waals surface area contributed by atoms with Gasteiger partial charge in [0, 0.05) is 53.7 Å². The van der Waals surface area contributed by atoms with E-state index in [0.717, 1.165) is 35.6 Å². The maximum atomic E-state index is 12.7. The Kier molecular flexibility index (Phi) is 7.95. The van der Waals surface area contributed by atoms with Crippen LogP contribution < -0.4 is 15.5 Å². The van der Waals surface area contributed by atoms with Crippen molar-refractivity contribution in [1.82, 2.24) is 10.2 Å². The molecule has 0 atom stereocenters. The number of piperazine rings is 1. The molecule has 9 heteroatoms. The molecule has 1 fully saturated rings. The number of hydrogen-bond donors (Lipinski definition) is 2. The van der Waals surface area contributed by atoms with Crippen molar-refractivity contribution < 1.29 is 14.0 Å². The van der Waals surface area contributed by atoms with Crippen LogP contribution in [0.4, 0.5) is 11.4 Å². The van der Waals surface area contributed by atoms with Crippen LogP contribution in [0, 0.1) is 6.92 Å². The van der Waals surface area contributed by atoms with Gasteiger partial charge in [0.1, 0.15) is 5.76 Å². The molecular weight excluding hydrogens is 532 g/mol. The lowest BCUT2D eigenvalue weighted by molar-refractivity contribution is 0.0746. The third-order valence-corrected chi connectivity index (χ3v) is 7.20. The normalized spacial score (nSPS) is 13.2. The second kappa shape index (κ2) is 11.7. The smallest absolute Gasteiger partial charge is 0.293 e. The maximum absolute atomic E-state index is 12.7. The minimum atomic E-state index is -0.448. The van der Waals surface area contributed by atoms with Gasteiger partial charge in [-0.25, -0.2) is 0 Å². The van der Waals surface area contributed by atoms with Crippen LogP contribution in [0.25, 0.3) is 11.3 Å². The highest BCUT2D eigenvalue weighted by Crippen LogP contribution is 2.27. The van der Waals surface area contributed by atoms with Crippen LogP contribution in [0.1, 0.15) is 26.5 Å². The Morgan fingerprint density at radius 2 is 1.62 bits per heavy atom. The first-order valence-corrected chi connectivity index (χ1v) is 13.3. The molecule has 3 aromatic carbocycles. The minimum absolute atomic E-state index is 0.0654. The highest BCUT2D eigenvalue weighted by atomic mass is 35.5. The largest absolute Gasteiger partial charge is 0.451 e. The van der Waals surface area contributed by atoms with Crippen molar-refractivity contribution in [2.75, 3.05) is 36.4 Å². The van der Waals surface area contributed by atoms with E-state index in [2.05, 4.69) is 15.5 Å². The molecule has 1 aliphatic rings. The van der Waals surface area contributed by atoms with Gasteiger partial charge in [-0.1, -0.05) is 41.9 Å². The van der Waals surface area contributed by atoms with Crippen molar-refractivity contribution in [3.63, 3.8) is 0 Å². The zero-order chi connectivity index (χ0) is 27.4. The van der Waals surface area contributed by atoms with Gasteiger partial charge in [-0.3, -0.25) is 14.9 Å². The molecule has 0 spiro atoms. The number of rotatable bonds is 5. The predicted molar refractivity (Wildman–Crippen MR) is 159 cm³/mol. The lowest BCUT2D eigenvalue weighted by Gasteiger charge is -2.36. The number of carbonyl (C=O) groups excluding carboxylic acids is 2. The van der Waals surface area contributed by atoms with Crippen molar-refractivity contribution >= 4 is 52.1 Å². The lowest BCUT2D eigenvalue weighted by Crippen LogP contribution is -2.48. The third-order valence-electron chi connectivity index (χ3n) is 6.59. The average molecular weight is 559 g/mol. The molecule has 2 heterocycles. The highest BCUT2D eigenvalue weighted by molar-refractivity contribution is 7.80. The molecule has 198 valence electrons. The fourth-order valence-electron chi connectivity index (χ4n) is 4.37. The summed E-state index contributed by atoms with van der Waals surface area (Å²) >= 11 is 11.5. The number of nitrogens with zero attached hydrogens (tertiary/aromatic N) is 2. The standard InChI is InChI=1S/C30H27ClN4O3S/c1-20-7-8-22(19-25(20)31)26-13-14-27(38-26)28(36)33-30(39)32-23-9-11-24(12-10-23)34-15-17-35(18-16-34)29(37)21-5-3-2-4-6-21/h2-14,19H,15-18H2,1H3,(H2,32,33,36,39). The van der Waals surface area contributed by atoms with Gasteiger partial charge in [0.2, 0.25) is 0 Å². The molecule has 2 N–H and O–H groups in total. The fraction of sp³-hybridized carbons (Fsp3) is 0.167. The van der Waals surface area contributed by atoms with Crippen LogP contribution >= 0.6 is 23.8 Å². The summed E-state index contributed by atoms with van der Waals surface area (Å²) < 4.78 is 5.72. The summed E-state index contributed by atoms with van der Waals surface area (Å²) in [4.78, 5) is 29.5. The minimum Gasteiger partial charge on any atom is -0.451 e. The summed E-state index contributed by atoms with van der Waals surface area (Å²) in [5, 5.41) is 6.48. The summed E-state index contributed by atoms with van der Waals surface area (Å²) in [6, 6.07) is 26.1. The first-order valence-electron chi connectivity index (χ1n) is 12.6. The van der Waals surface area contributed by atoms with Crippen molar-refractivity contribution in [2.24, 2.45) is 0 Å². The Bertz CT molecular complexity index is 1500. The molecule has 0 bridgehead atoms. The van der Waals surface area contributed by atoms with Crippen LogP contribution in [0.5, 0.6) is 0 Å². The van der Waals surface area contributed by atoms with Crippen LogP contribution in [0.2, 0.25) is 5.02 Å². The molecule has 2 amide bonds. The van der Waals surface area contributed by atoms with E-state index in [1.165, 1.54) is 0 Å². The van der Waals surface area contributed by atoms with E-state index in [-0.39, 0.29) is 16.8 Å². The molecule has 39 heavy (non-hydrogen) atoms. The molecule has 4 aromatic rings. The molecule has 0 saturated carbocycles. The van der Waals surface area contributed by atoms with Crippen molar-refractivity contribution in [3.8, 4) is 11.3 Å². The van der Waals surface area contributed by atoms with Gasteiger partial charge >= 0.3 is 0 Å². The van der Waals surface area contributed by atoms with Crippen molar-refractivity contribution in [2.45, 2.75) is 6.92 Å². The highest BCUT2D eigenvalue weighted by Gasteiger charge is 2.22. The third kappa shape index (κ3) is 6.30. The number of nitrogens with one attached hydrogen (secondary N) is 2. The number of furan rings is 1. The number of carbonyl (C=O) groups is 2. The number of amides is 2. The number of halogens is 1. The van der Waals surface area contributed by atoms with E-state index >= 15 is 0 Å². The molecule has 1 aliphatic heterocycles. The quantitative estimate of drug-likeness (QED) is 0.293. The van der Waals surface area contributed by atoms with Crippen LogP contribution in [-0.2, 0) is 0 Å². The van der Waals surface area contributed by atoms with E-state index in [4.69, 9.17) is 28.2 Å². The Morgan fingerprint density at radius 1 is 0.897 bits per heavy atom. The second-order valence-electron chi connectivity index (χ2n) is 9.23. The first-order chi connectivity index (χ1) is 18.9. The first kappa shape index (κ1) is 26.5. The monoisotopic (exact) mass is 558 g/mol. The predicted octanol–water partition coefficient (Wildman–Crippen LogP) is 6.00. The summed E-state index contributed by atoms with van der Waals surface area (Å²) in [5.74, 6) is 0.306. The molecule has 1 saturated heterocycles. The van der Waals surface area contributed by atoms with Crippen LogP contribution in [0.3, 0.4) is 0 Å². The van der Waals surface area contributed by atoms with E-state index in [1.54, 1.807) is 18.2 Å². The second-order valence-corrected chi connectivity index (χ2v) is 10.0. The van der Waals surface area contributed by atoms with Crippen molar-refractivity contribution in [1.29, 1.82) is 0 Å². The van der Waals surface area contributed by atoms with Crippen LogP contribution in [-0.4, -0.2) is 48.0 Å². The van der Waals surface area contributed by atoms with Gasteiger partial charge in [0.25, 0.3) is 11.8 Å².